The molecule has 4 nitrogen and oxygen atoms in total. The summed E-state index contributed by atoms with van der Waals surface area (Å²) >= 11 is 0. The highest BCUT2D eigenvalue weighted by atomic mass is 16.5. The number of nitrogens with one attached hydrogen (secondary N) is 2. The minimum atomic E-state index is 0.764. The van der Waals surface area contributed by atoms with Crippen molar-refractivity contribution >= 4 is 17.1 Å². The van der Waals surface area contributed by atoms with Gasteiger partial charge in [0.2, 0.25) is 0 Å². The van der Waals surface area contributed by atoms with Crippen molar-refractivity contribution in [3.63, 3.8) is 0 Å². The highest BCUT2D eigenvalue weighted by Gasteiger charge is 2.00. The van der Waals surface area contributed by atoms with Gasteiger partial charge in [0.15, 0.2) is 0 Å². The number of methoxy groups -OCH3 is 1. The summed E-state index contributed by atoms with van der Waals surface area (Å²) in [7, 11) is 1.67. The van der Waals surface area contributed by atoms with Crippen molar-refractivity contribution in [1.82, 2.24) is 0 Å². The summed E-state index contributed by atoms with van der Waals surface area (Å²) in [6.45, 7) is 1.57. The van der Waals surface area contributed by atoms with E-state index in [1.165, 1.54) is 0 Å². The van der Waals surface area contributed by atoms with Crippen LogP contribution < -0.4 is 21.1 Å². The molecule has 0 radical (unpaired) electrons. The van der Waals surface area contributed by atoms with Crippen LogP contribution in [0.5, 0.6) is 5.75 Å². The van der Waals surface area contributed by atoms with Crippen LogP contribution in [0.25, 0.3) is 0 Å². The molecule has 0 amide bonds. The summed E-state index contributed by atoms with van der Waals surface area (Å²) in [5, 5.41) is 6.62. The lowest BCUT2D eigenvalue weighted by Crippen LogP contribution is -2.14. The van der Waals surface area contributed by atoms with Gasteiger partial charge >= 0.3 is 0 Å². The minimum Gasteiger partial charge on any atom is -0.495 e. The van der Waals surface area contributed by atoms with Gasteiger partial charge in [-0.1, -0.05) is 24.3 Å². The van der Waals surface area contributed by atoms with Crippen molar-refractivity contribution in [2.24, 2.45) is 0 Å². The first kappa shape index (κ1) is 13.1. The first-order chi connectivity index (χ1) is 9.31. The lowest BCUT2D eigenvalue weighted by atomic mass is 10.2. The van der Waals surface area contributed by atoms with Gasteiger partial charge in [-0.3, -0.25) is 0 Å². The molecule has 0 saturated heterocycles. The normalized spacial score (nSPS) is 9.95. The molecule has 100 valence electrons. The maximum absolute atomic E-state index is 5.86. The van der Waals surface area contributed by atoms with Crippen molar-refractivity contribution < 1.29 is 4.74 Å². The number of nitrogens with two attached hydrogens (primary N) is 1. The number of hydrogen-bond acceptors (Lipinski definition) is 4. The second-order valence-electron chi connectivity index (χ2n) is 4.14. The lowest BCUT2D eigenvalue weighted by Gasteiger charge is -2.12. The van der Waals surface area contributed by atoms with Gasteiger partial charge in [0.05, 0.1) is 24.2 Å². The molecule has 0 aliphatic rings. The maximum Gasteiger partial charge on any atom is 0.141 e. The molecule has 0 aliphatic carbocycles. The number of hydrogen-bond donors (Lipinski definition) is 3. The van der Waals surface area contributed by atoms with Gasteiger partial charge in [-0.15, -0.1) is 0 Å². The van der Waals surface area contributed by atoms with Crippen molar-refractivity contribution in [3.8, 4) is 5.75 Å². The number of anilines is 3. The predicted octanol–water partition coefficient (Wildman–Crippen LogP) is 2.80. The summed E-state index contributed by atoms with van der Waals surface area (Å²) in [6, 6.07) is 15.6. The second-order valence-corrected chi connectivity index (χ2v) is 4.14. The van der Waals surface area contributed by atoms with E-state index in [9.17, 15) is 0 Å². The SMILES string of the molecule is COc1ccccc1NCCNc1ccccc1N. The summed E-state index contributed by atoms with van der Waals surface area (Å²) < 4.78 is 5.28. The zero-order valence-corrected chi connectivity index (χ0v) is 11.0. The van der Waals surface area contributed by atoms with E-state index in [1.54, 1.807) is 7.11 Å². The first-order valence-electron chi connectivity index (χ1n) is 6.26. The van der Waals surface area contributed by atoms with Gasteiger partial charge in [-0.25, -0.2) is 0 Å². The molecular weight excluding hydrogens is 238 g/mol. The van der Waals surface area contributed by atoms with E-state index in [-0.39, 0.29) is 0 Å². The summed E-state index contributed by atoms with van der Waals surface area (Å²) in [4.78, 5) is 0. The highest BCUT2D eigenvalue weighted by molar-refractivity contribution is 5.65. The third kappa shape index (κ3) is 3.55. The van der Waals surface area contributed by atoms with E-state index >= 15 is 0 Å². The molecule has 0 atom stereocenters. The van der Waals surface area contributed by atoms with Crippen LogP contribution >= 0.6 is 0 Å². The van der Waals surface area contributed by atoms with Crippen LogP contribution in [0.1, 0.15) is 0 Å². The Morgan fingerprint density at radius 2 is 1.47 bits per heavy atom. The van der Waals surface area contributed by atoms with Gasteiger partial charge in [0.1, 0.15) is 5.75 Å². The van der Waals surface area contributed by atoms with Crippen LogP contribution in [0, 0.1) is 0 Å². The average Bonchev–Trinajstić information content (AvgIpc) is 2.45. The van der Waals surface area contributed by atoms with Crippen molar-refractivity contribution in [2.75, 3.05) is 36.6 Å². The van der Waals surface area contributed by atoms with Gasteiger partial charge < -0.3 is 21.1 Å². The third-order valence-electron chi connectivity index (χ3n) is 2.82. The van der Waals surface area contributed by atoms with E-state index in [1.807, 2.05) is 48.5 Å². The Morgan fingerprint density at radius 3 is 2.16 bits per heavy atom. The fraction of sp³-hybridized carbons (Fsp3) is 0.200. The van der Waals surface area contributed by atoms with Crippen LogP contribution in [0.4, 0.5) is 17.1 Å². The maximum atomic E-state index is 5.86. The van der Waals surface area contributed by atoms with E-state index in [4.69, 9.17) is 10.5 Å². The zero-order valence-electron chi connectivity index (χ0n) is 11.0. The topological polar surface area (TPSA) is 59.3 Å². The van der Waals surface area contributed by atoms with Crippen LogP contribution in [0.15, 0.2) is 48.5 Å². The number of para-hydroxylation sites is 4. The first-order valence-corrected chi connectivity index (χ1v) is 6.26. The Balaban J connectivity index is 1.83. The van der Waals surface area contributed by atoms with E-state index < -0.39 is 0 Å². The molecule has 2 rings (SSSR count). The largest absolute Gasteiger partial charge is 0.495 e. The molecule has 0 heterocycles. The van der Waals surface area contributed by atoms with E-state index in [0.717, 1.165) is 35.9 Å². The minimum absolute atomic E-state index is 0.764. The van der Waals surface area contributed by atoms with Crippen LogP contribution in [-0.2, 0) is 0 Å². The molecule has 0 saturated carbocycles. The Kier molecular flexibility index (Phi) is 4.50. The summed E-state index contributed by atoms with van der Waals surface area (Å²) in [5.41, 5.74) is 8.58. The summed E-state index contributed by atoms with van der Waals surface area (Å²) in [6.07, 6.45) is 0. The van der Waals surface area contributed by atoms with Crippen molar-refractivity contribution in [3.05, 3.63) is 48.5 Å². The quantitative estimate of drug-likeness (QED) is 0.550. The predicted molar refractivity (Wildman–Crippen MR) is 80.8 cm³/mol. The van der Waals surface area contributed by atoms with E-state index in [2.05, 4.69) is 10.6 Å². The standard InChI is InChI=1S/C15H19N3O/c1-19-15-9-5-4-8-14(15)18-11-10-17-13-7-3-2-6-12(13)16/h2-9,17-18H,10-11,16H2,1H3. The lowest BCUT2D eigenvalue weighted by molar-refractivity contribution is 0.416. The molecule has 0 unspecified atom stereocenters. The van der Waals surface area contributed by atoms with Gasteiger partial charge in [-0.05, 0) is 24.3 Å². The number of rotatable bonds is 6. The molecule has 0 fully saturated rings. The Hall–Kier alpha value is -2.36. The summed E-state index contributed by atoms with van der Waals surface area (Å²) in [5.74, 6) is 0.849. The Labute approximate surface area is 113 Å². The molecule has 0 spiro atoms. The second kappa shape index (κ2) is 6.54. The Morgan fingerprint density at radius 1 is 0.895 bits per heavy atom. The molecular formula is C15H19N3O. The molecule has 19 heavy (non-hydrogen) atoms. The number of benzene rings is 2. The van der Waals surface area contributed by atoms with Crippen molar-refractivity contribution in [2.45, 2.75) is 0 Å². The monoisotopic (exact) mass is 257 g/mol. The molecule has 4 heteroatoms. The van der Waals surface area contributed by atoms with Gasteiger partial charge in [-0.2, -0.15) is 0 Å². The number of ether oxygens (including phenoxy) is 1. The smallest absolute Gasteiger partial charge is 0.141 e. The molecule has 2 aromatic carbocycles. The molecule has 2 aromatic rings. The zero-order chi connectivity index (χ0) is 13.5. The third-order valence-corrected chi connectivity index (χ3v) is 2.82. The Bertz CT molecular complexity index is 528. The van der Waals surface area contributed by atoms with Crippen LogP contribution in [-0.4, -0.2) is 20.2 Å². The average molecular weight is 257 g/mol. The fourth-order valence-electron chi connectivity index (χ4n) is 1.84. The number of nitrogen functional groups attached to an aromatic ring is 1. The molecule has 0 bridgehead atoms. The molecule has 4 N–H and O–H groups in total. The van der Waals surface area contributed by atoms with Gasteiger partial charge in [0.25, 0.3) is 0 Å². The van der Waals surface area contributed by atoms with Gasteiger partial charge in [0, 0.05) is 13.1 Å². The van der Waals surface area contributed by atoms with Crippen LogP contribution in [0.3, 0.4) is 0 Å². The van der Waals surface area contributed by atoms with E-state index in [0.29, 0.717) is 0 Å². The molecule has 0 aliphatic heterocycles. The molecule has 0 aromatic heterocycles. The van der Waals surface area contributed by atoms with Crippen molar-refractivity contribution in [1.29, 1.82) is 0 Å². The fourth-order valence-corrected chi connectivity index (χ4v) is 1.84. The highest BCUT2D eigenvalue weighted by Crippen LogP contribution is 2.22. The van der Waals surface area contributed by atoms with Crippen LogP contribution in [0.2, 0.25) is 0 Å².